The Hall–Kier alpha value is -3.05. The molecule has 0 aliphatic heterocycles. The highest BCUT2D eigenvalue weighted by molar-refractivity contribution is 6.31. The molecule has 0 saturated carbocycles. The molecular formula is C19H15ClN2O3. The van der Waals surface area contributed by atoms with Gasteiger partial charge in [-0.2, -0.15) is 0 Å². The molecule has 6 heteroatoms. The summed E-state index contributed by atoms with van der Waals surface area (Å²) in [5.41, 5.74) is 2.22. The van der Waals surface area contributed by atoms with Gasteiger partial charge in [-0.3, -0.25) is 9.59 Å². The molecule has 0 bridgehead atoms. The van der Waals surface area contributed by atoms with Gasteiger partial charge in [0.2, 0.25) is 0 Å². The van der Waals surface area contributed by atoms with Gasteiger partial charge in [-0.05, 0) is 48.9 Å². The van der Waals surface area contributed by atoms with Gasteiger partial charge >= 0.3 is 0 Å². The number of hydrogen-bond donors (Lipinski definition) is 2. The van der Waals surface area contributed by atoms with Crippen molar-refractivity contribution >= 4 is 34.8 Å². The minimum absolute atomic E-state index is 0.167. The highest BCUT2D eigenvalue weighted by Gasteiger charge is 2.15. The lowest BCUT2D eigenvalue weighted by atomic mass is 10.1. The van der Waals surface area contributed by atoms with Crippen molar-refractivity contribution < 1.29 is 14.0 Å². The molecule has 1 heterocycles. The van der Waals surface area contributed by atoms with Crippen molar-refractivity contribution in [2.24, 2.45) is 0 Å². The quantitative estimate of drug-likeness (QED) is 0.710. The summed E-state index contributed by atoms with van der Waals surface area (Å²) in [6.45, 7) is 1.88. The molecule has 3 rings (SSSR count). The number of anilines is 2. The molecule has 0 radical (unpaired) electrons. The van der Waals surface area contributed by atoms with E-state index in [2.05, 4.69) is 10.6 Å². The van der Waals surface area contributed by atoms with E-state index in [9.17, 15) is 9.59 Å². The number of furan rings is 1. The van der Waals surface area contributed by atoms with E-state index in [1.807, 2.05) is 13.0 Å². The highest BCUT2D eigenvalue weighted by atomic mass is 35.5. The van der Waals surface area contributed by atoms with E-state index in [-0.39, 0.29) is 11.7 Å². The summed E-state index contributed by atoms with van der Waals surface area (Å²) in [4.78, 5) is 24.7. The number of aryl methyl sites for hydroxylation is 1. The number of hydrogen-bond acceptors (Lipinski definition) is 3. The van der Waals surface area contributed by atoms with Crippen LogP contribution < -0.4 is 10.6 Å². The normalized spacial score (nSPS) is 10.3. The number of halogens is 1. The summed E-state index contributed by atoms with van der Waals surface area (Å²) < 4.78 is 5.06. The third kappa shape index (κ3) is 3.89. The van der Waals surface area contributed by atoms with Gasteiger partial charge in [-0.25, -0.2) is 0 Å². The molecule has 0 atom stereocenters. The average Bonchev–Trinajstić information content (AvgIpc) is 3.13. The zero-order valence-electron chi connectivity index (χ0n) is 13.4. The van der Waals surface area contributed by atoms with Crippen LogP contribution in [-0.4, -0.2) is 11.8 Å². The van der Waals surface area contributed by atoms with Gasteiger partial charge in [0.15, 0.2) is 5.76 Å². The molecule has 0 saturated heterocycles. The van der Waals surface area contributed by atoms with Crippen molar-refractivity contribution in [1.29, 1.82) is 0 Å². The van der Waals surface area contributed by atoms with Gasteiger partial charge < -0.3 is 15.1 Å². The summed E-state index contributed by atoms with van der Waals surface area (Å²) in [5, 5.41) is 6.02. The first-order valence-electron chi connectivity index (χ1n) is 7.56. The van der Waals surface area contributed by atoms with E-state index in [1.54, 1.807) is 48.5 Å². The van der Waals surface area contributed by atoms with E-state index in [1.165, 1.54) is 6.26 Å². The third-order valence-electron chi connectivity index (χ3n) is 3.59. The molecule has 126 valence electrons. The lowest BCUT2D eigenvalue weighted by Crippen LogP contribution is -2.18. The van der Waals surface area contributed by atoms with Crippen LogP contribution in [0.4, 0.5) is 11.4 Å². The Morgan fingerprint density at radius 1 is 0.960 bits per heavy atom. The largest absolute Gasteiger partial charge is 0.459 e. The molecule has 0 fully saturated rings. The zero-order valence-corrected chi connectivity index (χ0v) is 14.1. The molecule has 5 nitrogen and oxygen atoms in total. The smallest absolute Gasteiger partial charge is 0.291 e. The van der Waals surface area contributed by atoms with Crippen LogP contribution in [0.25, 0.3) is 0 Å². The third-order valence-corrected chi connectivity index (χ3v) is 4.00. The van der Waals surface area contributed by atoms with Gasteiger partial charge in [0, 0.05) is 10.7 Å². The number of amides is 2. The number of benzene rings is 2. The van der Waals surface area contributed by atoms with E-state index < -0.39 is 5.91 Å². The Bertz CT molecular complexity index is 920. The van der Waals surface area contributed by atoms with Crippen LogP contribution >= 0.6 is 11.6 Å². The van der Waals surface area contributed by atoms with Crippen molar-refractivity contribution in [2.45, 2.75) is 6.92 Å². The first-order valence-corrected chi connectivity index (χ1v) is 7.94. The topological polar surface area (TPSA) is 71.3 Å². The molecule has 3 aromatic rings. The molecule has 0 aliphatic carbocycles. The molecule has 0 aliphatic rings. The van der Waals surface area contributed by atoms with E-state index in [4.69, 9.17) is 16.0 Å². The van der Waals surface area contributed by atoms with Crippen molar-refractivity contribution in [2.75, 3.05) is 10.6 Å². The molecule has 1 aromatic heterocycles. The Balaban J connectivity index is 1.81. The molecular weight excluding hydrogens is 340 g/mol. The first kappa shape index (κ1) is 16.8. The number of carbonyl (C=O) groups excluding carboxylic acids is 2. The maximum atomic E-state index is 12.6. The van der Waals surface area contributed by atoms with Gasteiger partial charge in [-0.15, -0.1) is 0 Å². The maximum absolute atomic E-state index is 12.6. The lowest BCUT2D eigenvalue weighted by Gasteiger charge is -2.11. The fourth-order valence-corrected chi connectivity index (χ4v) is 2.43. The molecule has 2 N–H and O–H groups in total. The summed E-state index contributed by atoms with van der Waals surface area (Å²) in [5.74, 6) is -0.612. The van der Waals surface area contributed by atoms with Gasteiger partial charge in [0.25, 0.3) is 11.8 Å². The second-order valence-corrected chi connectivity index (χ2v) is 5.80. The van der Waals surface area contributed by atoms with Crippen LogP contribution in [0.15, 0.2) is 65.3 Å². The zero-order chi connectivity index (χ0) is 17.8. The minimum atomic E-state index is -0.427. The second kappa shape index (κ2) is 7.23. The summed E-state index contributed by atoms with van der Waals surface area (Å²) in [6.07, 6.45) is 1.41. The maximum Gasteiger partial charge on any atom is 0.291 e. The molecule has 2 amide bonds. The summed E-state index contributed by atoms with van der Waals surface area (Å²) in [7, 11) is 0. The monoisotopic (exact) mass is 354 g/mol. The van der Waals surface area contributed by atoms with E-state index >= 15 is 0 Å². The first-order chi connectivity index (χ1) is 12.0. The van der Waals surface area contributed by atoms with Gasteiger partial charge in [0.05, 0.1) is 17.5 Å². The molecule has 0 unspecified atom stereocenters. The van der Waals surface area contributed by atoms with Gasteiger partial charge in [0.1, 0.15) is 0 Å². The number of carbonyl (C=O) groups is 2. The second-order valence-electron chi connectivity index (χ2n) is 5.40. The van der Waals surface area contributed by atoms with E-state index in [0.717, 1.165) is 5.56 Å². The van der Waals surface area contributed by atoms with E-state index in [0.29, 0.717) is 22.0 Å². The molecule has 2 aromatic carbocycles. The minimum Gasteiger partial charge on any atom is -0.459 e. The number of rotatable bonds is 4. The predicted octanol–water partition coefficient (Wildman–Crippen LogP) is 4.75. The lowest BCUT2D eigenvalue weighted by molar-refractivity contribution is 0.0996. The Labute approximate surface area is 149 Å². The molecule has 0 spiro atoms. The van der Waals surface area contributed by atoms with Crippen LogP contribution in [0.5, 0.6) is 0 Å². The molecule has 25 heavy (non-hydrogen) atoms. The highest BCUT2D eigenvalue weighted by Crippen LogP contribution is 2.22. The Morgan fingerprint density at radius 2 is 1.76 bits per heavy atom. The summed E-state index contributed by atoms with van der Waals surface area (Å²) >= 11 is 6.08. The van der Waals surface area contributed by atoms with Crippen molar-refractivity contribution in [3.8, 4) is 0 Å². The van der Waals surface area contributed by atoms with Crippen molar-refractivity contribution in [1.82, 2.24) is 0 Å². The van der Waals surface area contributed by atoms with Crippen LogP contribution in [0, 0.1) is 6.92 Å². The number of nitrogens with one attached hydrogen (secondary N) is 2. The van der Waals surface area contributed by atoms with Crippen LogP contribution in [0.2, 0.25) is 5.02 Å². The van der Waals surface area contributed by atoms with Crippen LogP contribution in [-0.2, 0) is 0 Å². The fraction of sp³-hybridized carbons (Fsp3) is 0.0526. The summed E-state index contributed by atoms with van der Waals surface area (Å²) in [6, 6.07) is 15.2. The van der Waals surface area contributed by atoms with Gasteiger partial charge in [-0.1, -0.05) is 29.8 Å². The van der Waals surface area contributed by atoms with Crippen molar-refractivity contribution in [3.63, 3.8) is 0 Å². The Kier molecular flexibility index (Phi) is 4.86. The Morgan fingerprint density at radius 3 is 2.48 bits per heavy atom. The van der Waals surface area contributed by atoms with Crippen LogP contribution in [0.1, 0.15) is 26.5 Å². The SMILES string of the molecule is Cc1ccc(NC(=O)c2ccccc2NC(=O)c2ccco2)cc1Cl. The van der Waals surface area contributed by atoms with Crippen molar-refractivity contribution in [3.05, 3.63) is 82.8 Å². The standard InChI is InChI=1S/C19H15ClN2O3/c1-12-8-9-13(11-15(12)20)21-18(23)14-5-2-3-6-16(14)22-19(24)17-7-4-10-25-17/h2-11H,1H3,(H,21,23)(H,22,24). The fourth-order valence-electron chi connectivity index (χ4n) is 2.25. The predicted molar refractivity (Wildman–Crippen MR) is 97.2 cm³/mol. The van der Waals surface area contributed by atoms with Crippen LogP contribution in [0.3, 0.4) is 0 Å². The number of para-hydroxylation sites is 1. The average molecular weight is 355 g/mol.